The molecule has 3 aromatic heterocycles. The highest BCUT2D eigenvalue weighted by atomic mass is 19.1. The first kappa shape index (κ1) is 26.7. The van der Waals surface area contributed by atoms with E-state index in [-0.39, 0.29) is 23.3 Å². The predicted octanol–water partition coefficient (Wildman–Crippen LogP) is 6.58. The first-order chi connectivity index (χ1) is 19.7. The van der Waals surface area contributed by atoms with Crippen LogP contribution in [0.3, 0.4) is 0 Å². The summed E-state index contributed by atoms with van der Waals surface area (Å²) in [5, 5.41) is 9.00. The molecule has 3 heterocycles. The van der Waals surface area contributed by atoms with Crippen molar-refractivity contribution in [3.63, 3.8) is 0 Å². The number of nitrogens with zero attached hydrogens (tertiary/aromatic N) is 6. The highest BCUT2D eigenvalue weighted by molar-refractivity contribution is 5.92. The molecule has 0 unspecified atom stereocenters. The molecule has 5 aromatic rings. The van der Waals surface area contributed by atoms with Gasteiger partial charge in [-0.05, 0) is 50.7 Å². The number of aryl methyl sites for hydroxylation is 2. The van der Waals surface area contributed by atoms with Crippen molar-refractivity contribution in [1.29, 1.82) is 0 Å². The fourth-order valence-electron chi connectivity index (χ4n) is 5.35. The number of fused-ring (bicyclic) bond motifs is 2. The van der Waals surface area contributed by atoms with Crippen LogP contribution in [-0.4, -0.2) is 36.3 Å². The number of aromatic nitrogens is 6. The highest BCUT2D eigenvalue weighted by Crippen LogP contribution is 2.39. The number of anilines is 2. The molecule has 0 saturated carbocycles. The van der Waals surface area contributed by atoms with Gasteiger partial charge in [0.05, 0.1) is 18.7 Å². The minimum atomic E-state index is -0.686. The molecular formula is C31H31F2N7O. The van der Waals surface area contributed by atoms with Gasteiger partial charge < -0.3 is 10.1 Å². The van der Waals surface area contributed by atoms with Crippen molar-refractivity contribution in [2.75, 3.05) is 11.9 Å². The van der Waals surface area contributed by atoms with Gasteiger partial charge in [-0.25, -0.2) is 28.7 Å². The quantitative estimate of drug-likeness (QED) is 0.243. The number of para-hydroxylation sites is 1. The second-order valence-electron chi connectivity index (χ2n) is 11.1. The van der Waals surface area contributed by atoms with Crippen molar-refractivity contribution in [2.45, 2.75) is 53.5 Å². The summed E-state index contributed by atoms with van der Waals surface area (Å²) in [6.07, 6.45) is 4.32. The van der Waals surface area contributed by atoms with Gasteiger partial charge in [0.2, 0.25) is 0 Å². The molecule has 0 aliphatic heterocycles. The molecule has 10 heteroatoms. The number of halogens is 2. The van der Waals surface area contributed by atoms with Gasteiger partial charge >= 0.3 is 0 Å². The number of rotatable bonds is 7. The Kier molecular flexibility index (Phi) is 6.84. The smallest absolute Gasteiger partial charge is 0.182 e. The Hall–Kier alpha value is -4.47. The zero-order valence-corrected chi connectivity index (χ0v) is 23.5. The second kappa shape index (κ2) is 10.5. The van der Waals surface area contributed by atoms with Gasteiger partial charge in [0.15, 0.2) is 5.82 Å². The fourth-order valence-corrected chi connectivity index (χ4v) is 5.35. The van der Waals surface area contributed by atoms with Crippen LogP contribution in [0.2, 0.25) is 0 Å². The Labute approximate surface area is 236 Å². The van der Waals surface area contributed by atoms with Gasteiger partial charge in [-0.1, -0.05) is 32.0 Å². The normalized spacial score (nSPS) is 14.2. The minimum Gasteiger partial charge on any atom is -0.494 e. The van der Waals surface area contributed by atoms with E-state index in [0.717, 1.165) is 41.4 Å². The molecule has 0 atom stereocenters. The zero-order valence-electron chi connectivity index (χ0n) is 23.5. The molecule has 1 N–H and O–H groups in total. The van der Waals surface area contributed by atoms with E-state index in [4.69, 9.17) is 19.8 Å². The van der Waals surface area contributed by atoms with Crippen LogP contribution in [0.5, 0.6) is 5.75 Å². The summed E-state index contributed by atoms with van der Waals surface area (Å²) in [4.78, 5) is 18.7. The molecule has 1 aliphatic carbocycles. The van der Waals surface area contributed by atoms with Crippen LogP contribution in [0.15, 0.2) is 48.7 Å². The summed E-state index contributed by atoms with van der Waals surface area (Å²) in [5.74, 6) is 1.20. The van der Waals surface area contributed by atoms with Crippen molar-refractivity contribution >= 4 is 22.5 Å². The lowest BCUT2D eigenvalue weighted by Gasteiger charge is -2.31. The van der Waals surface area contributed by atoms with Crippen molar-refractivity contribution < 1.29 is 13.5 Å². The summed E-state index contributed by atoms with van der Waals surface area (Å²) in [6.45, 7) is 8.31. The SMILES string of the molecule is CCOc1cc(F)c(Cn2nc(-c3nc4c(c(Nc5ccnc(C)n5)n3)CC(C)(C)CC4)c3ccccc32)c(F)c1. The summed E-state index contributed by atoms with van der Waals surface area (Å²) in [6, 6.07) is 11.8. The van der Waals surface area contributed by atoms with E-state index in [1.807, 2.05) is 31.2 Å². The van der Waals surface area contributed by atoms with Crippen LogP contribution in [0.4, 0.5) is 20.4 Å². The number of benzene rings is 2. The van der Waals surface area contributed by atoms with E-state index < -0.39 is 11.6 Å². The van der Waals surface area contributed by atoms with E-state index >= 15 is 0 Å². The topological polar surface area (TPSA) is 90.6 Å². The van der Waals surface area contributed by atoms with Crippen molar-refractivity contribution in [3.05, 3.63) is 82.9 Å². The van der Waals surface area contributed by atoms with Crippen LogP contribution < -0.4 is 10.1 Å². The van der Waals surface area contributed by atoms with Crippen molar-refractivity contribution in [1.82, 2.24) is 29.7 Å². The first-order valence-corrected chi connectivity index (χ1v) is 13.7. The van der Waals surface area contributed by atoms with Gasteiger partial charge in [0.25, 0.3) is 0 Å². The molecular weight excluding hydrogens is 524 g/mol. The standard InChI is InChI=1S/C31H31F2N7O/c1-5-41-19-14-23(32)22(24(33)15-19)17-40-26-9-7-6-8-20(26)28(39-40)30-36-25-10-12-31(3,4)16-21(25)29(38-30)37-27-11-13-34-18(2)35-27/h6-9,11,13-15H,5,10,12,16-17H2,1-4H3,(H,34,35,36,37,38). The summed E-state index contributed by atoms with van der Waals surface area (Å²) < 4.78 is 36.9. The molecule has 0 spiro atoms. The molecule has 0 saturated heterocycles. The lowest BCUT2D eigenvalue weighted by molar-refractivity contribution is 0.312. The molecule has 41 heavy (non-hydrogen) atoms. The second-order valence-corrected chi connectivity index (χ2v) is 11.1. The molecule has 2 aromatic carbocycles. The number of hydrogen-bond acceptors (Lipinski definition) is 7. The highest BCUT2D eigenvalue weighted by Gasteiger charge is 2.30. The Morgan fingerprint density at radius 3 is 2.59 bits per heavy atom. The minimum absolute atomic E-state index is 0.0941. The van der Waals surface area contributed by atoms with Gasteiger partial charge in [-0.2, -0.15) is 5.10 Å². The molecule has 0 fully saturated rings. The van der Waals surface area contributed by atoms with Crippen molar-refractivity contribution in [2.24, 2.45) is 5.41 Å². The third kappa shape index (κ3) is 5.33. The van der Waals surface area contributed by atoms with Gasteiger partial charge in [-0.15, -0.1) is 0 Å². The summed E-state index contributed by atoms with van der Waals surface area (Å²) in [7, 11) is 0. The summed E-state index contributed by atoms with van der Waals surface area (Å²) >= 11 is 0. The predicted molar refractivity (Wildman–Crippen MR) is 153 cm³/mol. The Morgan fingerprint density at radius 1 is 1.05 bits per heavy atom. The van der Waals surface area contributed by atoms with Crippen LogP contribution in [0, 0.1) is 24.0 Å². The lowest BCUT2D eigenvalue weighted by atomic mass is 9.76. The molecule has 210 valence electrons. The monoisotopic (exact) mass is 555 g/mol. The average molecular weight is 556 g/mol. The molecule has 0 radical (unpaired) electrons. The van der Waals surface area contributed by atoms with E-state index in [2.05, 4.69) is 29.1 Å². The third-order valence-electron chi connectivity index (χ3n) is 7.41. The number of ether oxygens (including phenoxy) is 1. The molecule has 0 amide bonds. The Morgan fingerprint density at radius 2 is 1.83 bits per heavy atom. The van der Waals surface area contributed by atoms with Gasteiger partial charge in [-0.3, -0.25) is 4.68 Å². The van der Waals surface area contributed by atoms with E-state index in [0.29, 0.717) is 35.6 Å². The number of hydrogen-bond donors (Lipinski definition) is 1. The van der Waals surface area contributed by atoms with Gasteiger partial charge in [0.1, 0.15) is 40.5 Å². The lowest BCUT2D eigenvalue weighted by Crippen LogP contribution is -2.25. The van der Waals surface area contributed by atoms with Gasteiger partial charge in [0, 0.05) is 40.5 Å². The van der Waals surface area contributed by atoms with Crippen LogP contribution >= 0.6 is 0 Å². The van der Waals surface area contributed by atoms with Crippen LogP contribution in [-0.2, 0) is 19.4 Å². The maximum Gasteiger partial charge on any atom is 0.182 e. The fraction of sp³-hybridized carbons (Fsp3) is 0.323. The van der Waals surface area contributed by atoms with E-state index in [1.54, 1.807) is 23.9 Å². The third-order valence-corrected chi connectivity index (χ3v) is 7.41. The molecule has 0 bridgehead atoms. The van der Waals surface area contributed by atoms with Crippen LogP contribution in [0.1, 0.15) is 49.8 Å². The van der Waals surface area contributed by atoms with E-state index in [1.165, 1.54) is 12.1 Å². The Balaban J connectivity index is 1.46. The zero-order chi connectivity index (χ0) is 28.7. The van der Waals surface area contributed by atoms with Crippen molar-refractivity contribution in [3.8, 4) is 17.3 Å². The largest absolute Gasteiger partial charge is 0.494 e. The first-order valence-electron chi connectivity index (χ1n) is 13.7. The maximum atomic E-state index is 15.0. The van der Waals surface area contributed by atoms with E-state index in [9.17, 15) is 8.78 Å². The summed E-state index contributed by atoms with van der Waals surface area (Å²) in [5.41, 5.74) is 3.30. The average Bonchev–Trinajstić information content (AvgIpc) is 3.29. The van der Waals surface area contributed by atoms with Crippen LogP contribution in [0.25, 0.3) is 22.4 Å². The number of nitrogens with one attached hydrogen (secondary N) is 1. The molecule has 6 rings (SSSR count). The molecule has 8 nitrogen and oxygen atoms in total. The molecule has 1 aliphatic rings. The Bertz CT molecular complexity index is 1740. The maximum absolute atomic E-state index is 15.0.